The van der Waals surface area contributed by atoms with E-state index < -0.39 is 9.84 Å². The normalized spacial score (nSPS) is 23.5. The maximum absolute atomic E-state index is 11.5. The van der Waals surface area contributed by atoms with Crippen molar-refractivity contribution in [3.05, 3.63) is 18.2 Å². The summed E-state index contributed by atoms with van der Waals surface area (Å²) in [6.45, 7) is 2.22. The predicted molar refractivity (Wildman–Crippen MR) is 83.6 cm³/mol. The average Bonchev–Trinajstić information content (AvgIpc) is 2.40. The van der Waals surface area contributed by atoms with Gasteiger partial charge in [0.15, 0.2) is 9.84 Å². The highest BCUT2D eigenvalue weighted by Crippen LogP contribution is 2.31. The molecule has 4 nitrogen and oxygen atoms in total. The second kappa shape index (κ2) is 6.04. The maximum atomic E-state index is 11.5. The first-order valence-electron chi connectivity index (χ1n) is 7.28. The Kier molecular flexibility index (Phi) is 4.58. The van der Waals surface area contributed by atoms with Crippen LogP contribution in [0, 0.1) is 5.92 Å². The molecule has 2 unspecified atom stereocenters. The first-order chi connectivity index (χ1) is 9.41. The van der Waals surface area contributed by atoms with Crippen molar-refractivity contribution in [2.45, 2.75) is 50.0 Å². The van der Waals surface area contributed by atoms with Crippen molar-refractivity contribution in [3.8, 4) is 0 Å². The Morgan fingerprint density at radius 3 is 2.60 bits per heavy atom. The number of nitrogens with one attached hydrogen (secondary N) is 1. The Morgan fingerprint density at radius 2 is 2.00 bits per heavy atom. The fourth-order valence-electron chi connectivity index (χ4n) is 2.99. The average molecular weight is 296 g/mol. The number of nitrogen functional groups attached to an aromatic ring is 1. The summed E-state index contributed by atoms with van der Waals surface area (Å²) in [7, 11) is -3.20. The summed E-state index contributed by atoms with van der Waals surface area (Å²) in [6.07, 6.45) is 7.33. The van der Waals surface area contributed by atoms with Gasteiger partial charge in [0.05, 0.1) is 16.3 Å². The quantitative estimate of drug-likeness (QED) is 0.838. The van der Waals surface area contributed by atoms with Gasteiger partial charge in [0.25, 0.3) is 0 Å². The highest BCUT2D eigenvalue weighted by Gasteiger charge is 2.24. The number of anilines is 2. The van der Waals surface area contributed by atoms with Crippen LogP contribution < -0.4 is 11.1 Å². The highest BCUT2D eigenvalue weighted by molar-refractivity contribution is 7.90. The minimum atomic E-state index is -3.20. The van der Waals surface area contributed by atoms with Crippen LogP contribution in [0.25, 0.3) is 0 Å². The first kappa shape index (κ1) is 15.2. The molecular weight excluding hydrogens is 272 g/mol. The number of rotatable bonds is 4. The van der Waals surface area contributed by atoms with Gasteiger partial charge in [-0.15, -0.1) is 0 Å². The zero-order valence-corrected chi connectivity index (χ0v) is 13.0. The maximum Gasteiger partial charge on any atom is 0.175 e. The van der Waals surface area contributed by atoms with E-state index in [1.54, 1.807) is 18.2 Å². The summed E-state index contributed by atoms with van der Waals surface area (Å²) < 4.78 is 23.0. The summed E-state index contributed by atoms with van der Waals surface area (Å²) in [5, 5.41) is 3.51. The van der Waals surface area contributed by atoms with Gasteiger partial charge >= 0.3 is 0 Å². The molecule has 1 saturated carbocycles. The van der Waals surface area contributed by atoms with Crippen molar-refractivity contribution in [3.63, 3.8) is 0 Å². The molecule has 3 N–H and O–H groups in total. The third-order valence-electron chi connectivity index (χ3n) is 4.23. The van der Waals surface area contributed by atoms with Crippen LogP contribution in [0.2, 0.25) is 0 Å². The van der Waals surface area contributed by atoms with Crippen molar-refractivity contribution >= 4 is 21.2 Å². The summed E-state index contributed by atoms with van der Waals surface area (Å²) in [5.74, 6) is 0.678. The molecule has 0 radical (unpaired) electrons. The van der Waals surface area contributed by atoms with E-state index >= 15 is 0 Å². The molecule has 0 amide bonds. The highest BCUT2D eigenvalue weighted by atomic mass is 32.2. The van der Waals surface area contributed by atoms with E-state index in [1.807, 2.05) is 0 Å². The lowest BCUT2D eigenvalue weighted by Crippen LogP contribution is -2.32. The van der Waals surface area contributed by atoms with Crippen LogP contribution in [-0.4, -0.2) is 20.7 Å². The van der Waals surface area contributed by atoms with E-state index in [2.05, 4.69) is 12.2 Å². The third kappa shape index (κ3) is 3.45. The number of nitrogens with two attached hydrogens (primary N) is 1. The molecule has 0 spiro atoms. The summed E-state index contributed by atoms with van der Waals surface area (Å²) in [5.41, 5.74) is 7.35. The largest absolute Gasteiger partial charge is 0.397 e. The molecule has 1 aromatic rings. The van der Waals surface area contributed by atoms with E-state index in [-0.39, 0.29) is 4.90 Å². The summed E-state index contributed by atoms with van der Waals surface area (Å²) >= 11 is 0. The topological polar surface area (TPSA) is 72.2 Å². The zero-order valence-electron chi connectivity index (χ0n) is 12.2. The predicted octanol–water partition coefficient (Wildman–Crippen LogP) is 3.05. The molecule has 0 bridgehead atoms. The Balaban J connectivity index is 2.17. The molecule has 0 aromatic heterocycles. The van der Waals surface area contributed by atoms with Gasteiger partial charge < -0.3 is 11.1 Å². The van der Waals surface area contributed by atoms with Crippen molar-refractivity contribution in [1.82, 2.24) is 0 Å². The summed E-state index contributed by atoms with van der Waals surface area (Å²) in [4.78, 5) is 0.274. The Bertz CT molecular complexity index is 569. The molecule has 0 heterocycles. The molecular formula is C15H24N2O2S. The van der Waals surface area contributed by atoms with Crippen LogP contribution in [0.15, 0.2) is 23.1 Å². The lowest BCUT2D eigenvalue weighted by molar-refractivity contribution is 0.317. The van der Waals surface area contributed by atoms with Crippen LogP contribution >= 0.6 is 0 Å². The first-order valence-corrected chi connectivity index (χ1v) is 9.17. The van der Waals surface area contributed by atoms with Crippen LogP contribution in [0.5, 0.6) is 0 Å². The molecule has 20 heavy (non-hydrogen) atoms. The number of sulfone groups is 1. The van der Waals surface area contributed by atoms with Crippen LogP contribution in [-0.2, 0) is 9.84 Å². The minimum Gasteiger partial charge on any atom is -0.397 e. The van der Waals surface area contributed by atoms with Gasteiger partial charge in [-0.25, -0.2) is 8.42 Å². The van der Waals surface area contributed by atoms with E-state index in [1.165, 1.54) is 31.9 Å². The molecule has 1 aliphatic rings. The second-order valence-electron chi connectivity index (χ2n) is 5.72. The molecule has 0 aliphatic heterocycles. The van der Waals surface area contributed by atoms with Gasteiger partial charge in [-0.05, 0) is 37.0 Å². The molecule has 1 aliphatic carbocycles. The van der Waals surface area contributed by atoms with E-state index in [0.717, 1.165) is 12.1 Å². The second-order valence-corrected chi connectivity index (χ2v) is 7.74. The molecule has 2 atom stereocenters. The Labute approximate surface area is 121 Å². The summed E-state index contributed by atoms with van der Waals surface area (Å²) in [6, 6.07) is 5.40. The van der Waals surface area contributed by atoms with Gasteiger partial charge in [0.1, 0.15) is 0 Å². The van der Waals surface area contributed by atoms with Gasteiger partial charge in [-0.2, -0.15) is 0 Å². The van der Waals surface area contributed by atoms with Crippen molar-refractivity contribution in [1.29, 1.82) is 0 Å². The smallest absolute Gasteiger partial charge is 0.175 e. The molecule has 2 rings (SSSR count). The molecule has 1 fully saturated rings. The molecule has 1 aromatic carbocycles. The number of hydrogen-bond acceptors (Lipinski definition) is 4. The van der Waals surface area contributed by atoms with E-state index in [4.69, 9.17) is 5.73 Å². The molecule has 5 heteroatoms. The van der Waals surface area contributed by atoms with Crippen molar-refractivity contribution in [2.75, 3.05) is 17.3 Å². The monoisotopic (exact) mass is 296 g/mol. The lowest BCUT2D eigenvalue weighted by Gasteiger charge is -2.32. The number of benzene rings is 1. The van der Waals surface area contributed by atoms with Crippen LogP contribution in [0.1, 0.15) is 39.0 Å². The standard InChI is InChI=1S/C15H24N2O2S/c1-3-11-6-4-5-7-14(11)17-15-9-8-12(10-13(15)16)20(2,18)19/h8-11,14,17H,3-7,16H2,1-2H3. The van der Waals surface area contributed by atoms with Crippen LogP contribution in [0.4, 0.5) is 11.4 Å². The minimum absolute atomic E-state index is 0.274. The Hall–Kier alpha value is -1.23. The van der Waals surface area contributed by atoms with Gasteiger partial charge in [-0.1, -0.05) is 26.2 Å². The van der Waals surface area contributed by atoms with Gasteiger partial charge in [-0.3, -0.25) is 0 Å². The van der Waals surface area contributed by atoms with Gasteiger partial charge in [0, 0.05) is 12.3 Å². The molecule has 112 valence electrons. The van der Waals surface area contributed by atoms with Crippen LogP contribution in [0.3, 0.4) is 0 Å². The lowest BCUT2D eigenvalue weighted by atomic mass is 9.83. The van der Waals surface area contributed by atoms with E-state index in [9.17, 15) is 8.42 Å². The Morgan fingerprint density at radius 1 is 1.30 bits per heavy atom. The molecule has 0 saturated heterocycles. The fourth-order valence-corrected chi connectivity index (χ4v) is 3.65. The fraction of sp³-hybridized carbons (Fsp3) is 0.600. The van der Waals surface area contributed by atoms with Crippen molar-refractivity contribution in [2.24, 2.45) is 5.92 Å². The zero-order chi connectivity index (χ0) is 14.8. The van der Waals surface area contributed by atoms with Gasteiger partial charge in [0.2, 0.25) is 0 Å². The third-order valence-corrected chi connectivity index (χ3v) is 5.34. The number of hydrogen-bond donors (Lipinski definition) is 2. The SMILES string of the molecule is CCC1CCCCC1Nc1ccc(S(C)(=O)=O)cc1N. The van der Waals surface area contributed by atoms with E-state index in [0.29, 0.717) is 17.6 Å². The van der Waals surface area contributed by atoms with Crippen molar-refractivity contribution < 1.29 is 8.42 Å².